The van der Waals surface area contributed by atoms with Gasteiger partial charge in [0, 0.05) is 19.6 Å². The zero-order valence-corrected chi connectivity index (χ0v) is 13.1. The van der Waals surface area contributed by atoms with E-state index in [2.05, 4.69) is 17.4 Å². The first-order chi connectivity index (χ1) is 8.96. The largest absolute Gasteiger partial charge is 0.444 e. The van der Waals surface area contributed by atoms with Crippen LogP contribution in [0.5, 0.6) is 0 Å². The van der Waals surface area contributed by atoms with Gasteiger partial charge >= 0.3 is 6.09 Å². The van der Waals surface area contributed by atoms with E-state index in [1.54, 1.807) is 4.90 Å². The van der Waals surface area contributed by atoms with Crippen molar-refractivity contribution in [1.29, 1.82) is 0 Å². The van der Waals surface area contributed by atoms with Crippen molar-refractivity contribution in [2.45, 2.75) is 32.4 Å². The molecule has 0 aromatic heterocycles. The van der Waals surface area contributed by atoms with Crippen molar-refractivity contribution in [2.75, 3.05) is 19.6 Å². The molecule has 1 aromatic carbocycles. The van der Waals surface area contributed by atoms with Gasteiger partial charge in [-0.1, -0.05) is 30.3 Å². The van der Waals surface area contributed by atoms with Gasteiger partial charge in [0.05, 0.1) is 6.04 Å². The molecule has 0 radical (unpaired) electrons. The number of halogens is 1. The summed E-state index contributed by atoms with van der Waals surface area (Å²) in [5.41, 5.74) is 0.764. The van der Waals surface area contributed by atoms with E-state index in [1.165, 1.54) is 5.56 Å². The number of nitrogens with one attached hydrogen (secondary N) is 1. The summed E-state index contributed by atoms with van der Waals surface area (Å²) in [7, 11) is 0. The molecule has 1 aliphatic rings. The van der Waals surface area contributed by atoms with Gasteiger partial charge in [-0.2, -0.15) is 0 Å². The van der Waals surface area contributed by atoms with Crippen LogP contribution in [-0.2, 0) is 4.74 Å². The van der Waals surface area contributed by atoms with Gasteiger partial charge in [0.25, 0.3) is 0 Å². The Morgan fingerprint density at radius 1 is 1.30 bits per heavy atom. The highest BCUT2D eigenvalue weighted by molar-refractivity contribution is 5.85. The van der Waals surface area contributed by atoms with Gasteiger partial charge in [-0.15, -0.1) is 12.4 Å². The lowest BCUT2D eigenvalue weighted by atomic mass is 10.1. The number of benzene rings is 1. The molecular formula is C15H23ClN2O2. The van der Waals surface area contributed by atoms with Crippen molar-refractivity contribution < 1.29 is 9.53 Å². The summed E-state index contributed by atoms with van der Waals surface area (Å²) < 4.78 is 5.42. The monoisotopic (exact) mass is 298 g/mol. The topological polar surface area (TPSA) is 41.6 Å². The van der Waals surface area contributed by atoms with E-state index in [9.17, 15) is 4.79 Å². The molecule has 5 heteroatoms. The molecule has 112 valence electrons. The van der Waals surface area contributed by atoms with Crippen LogP contribution in [0.1, 0.15) is 32.4 Å². The van der Waals surface area contributed by atoms with E-state index < -0.39 is 5.60 Å². The summed E-state index contributed by atoms with van der Waals surface area (Å²) in [4.78, 5) is 13.8. The Morgan fingerprint density at radius 3 is 2.55 bits per heavy atom. The molecule has 1 saturated heterocycles. The maximum absolute atomic E-state index is 12.1. The van der Waals surface area contributed by atoms with Crippen LogP contribution in [0.15, 0.2) is 30.3 Å². The highest BCUT2D eigenvalue weighted by Gasteiger charge is 2.27. The SMILES string of the molecule is CC(C)(C)OC(=O)N1CCN[C@H](c2ccccc2)C1.Cl. The molecule has 1 aromatic rings. The van der Waals surface area contributed by atoms with E-state index >= 15 is 0 Å². The number of rotatable bonds is 1. The fourth-order valence-corrected chi connectivity index (χ4v) is 2.15. The summed E-state index contributed by atoms with van der Waals surface area (Å²) in [5, 5.41) is 3.43. The third kappa shape index (κ3) is 4.69. The molecule has 1 heterocycles. The van der Waals surface area contributed by atoms with Gasteiger partial charge < -0.3 is 15.0 Å². The van der Waals surface area contributed by atoms with Crippen molar-refractivity contribution in [3.05, 3.63) is 35.9 Å². The molecule has 1 N–H and O–H groups in total. The van der Waals surface area contributed by atoms with Crippen LogP contribution < -0.4 is 5.32 Å². The van der Waals surface area contributed by atoms with Gasteiger partial charge in [0.1, 0.15) is 5.60 Å². The summed E-state index contributed by atoms with van der Waals surface area (Å²) in [6.07, 6.45) is -0.227. The molecule has 1 amide bonds. The molecule has 0 bridgehead atoms. The van der Waals surface area contributed by atoms with Crippen LogP contribution in [0, 0.1) is 0 Å². The molecule has 4 nitrogen and oxygen atoms in total. The summed E-state index contributed by atoms with van der Waals surface area (Å²) in [5.74, 6) is 0. The minimum absolute atomic E-state index is 0. The molecule has 0 unspecified atom stereocenters. The van der Waals surface area contributed by atoms with Crippen LogP contribution in [0.3, 0.4) is 0 Å². The Labute approximate surface area is 126 Å². The van der Waals surface area contributed by atoms with Crippen LogP contribution >= 0.6 is 12.4 Å². The number of piperazine rings is 1. The minimum atomic E-state index is -0.440. The predicted octanol–water partition coefficient (Wildman–Crippen LogP) is 2.99. The van der Waals surface area contributed by atoms with E-state index in [0.717, 1.165) is 6.54 Å². The Balaban J connectivity index is 0.00000200. The van der Waals surface area contributed by atoms with E-state index in [-0.39, 0.29) is 24.5 Å². The third-order valence-corrected chi connectivity index (χ3v) is 3.03. The maximum Gasteiger partial charge on any atom is 0.410 e. The summed E-state index contributed by atoms with van der Waals surface area (Å²) in [6.45, 7) is 7.81. The molecule has 1 fully saturated rings. The Kier molecular flexibility index (Phi) is 5.84. The smallest absolute Gasteiger partial charge is 0.410 e. The van der Waals surface area contributed by atoms with Crippen LogP contribution in [0.2, 0.25) is 0 Å². The van der Waals surface area contributed by atoms with E-state index in [4.69, 9.17) is 4.74 Å². The highest BCUT2D eigenvalue weighted by Crippen LogP contribution is 2.18. The number of carbonyl (C=O) groups is 1. The second-order valence-electron chi connectivity index (χ2n) is 5.84. The lowest BCUT2D eigenvalue weighted by molar-refractivity contribution is 0.0195. The first-order valence-corrected chi connectivity index (χ1v) is 6.72. The quantitative estimate of drug-likeness (QED) is 0.866. The molecule has 1 aliphatic heterocycles. The van der Waals surface area contributed by atoms with Gasteiger partial charge in [-0.3, -0.25) is 0 Å². The fraction of sp³-hybridized carbons (Fsp3) is 0.533. The van der Waals surface area contributed by atoms with Crippen molar-refractivity contribution >= 4 is 18.5 Å². The predicted molar refractivity (Wildman–Crippen MR) is 82.2 cm³/mol. The lowest BCUT2D eigenvalue weighted by Gasteiger charge is -2.35. The van der Waals surface area contributed by atoms with Gasteiger partial charge in [0.2, 0.25) is 0 Å². The minimum Gasteiger partial charge on any atom is -0.444 e. The maximum atomic E-state index is 12.1. The second-order valence-corrected chi connectivity index (χ2v) is 5.84. The van der Waals surface area contributed by atoms with Crippen molar-refractivity contribution in [2.24, 2.45) is 0 Å². The molecule has 1 atom stereocenters. The van der Waals surface area contributed by atoms with Crippen molar-refractivity contribution in [1.82, 2.24) is 10.2 Å². The number of ether oxygens (including phenoxy) is 1. The Morgan fingerprint density at radius 2 is 1.95 bits per heavy atom. The average Bonchev–Trinajstić information content (AvgIpc) is 2.38. The zero-order chi connectivity index (χ0) is 13.9. The van der Waals surface area contributed by atoms with E-state index in [0.29, 0.717) is 13.1 Å². The molecule has 0 spiro atoms. The average molecular weight is 299 g/mol. The molecule has 20 heavy (non-hydrogen) atoms. The first kappa shape index (κ1) is 16.8. The fourth-order valence-electron chi connectivity index (χ4n) is 2.15. The molecule has 2 rings (SSSR count). The number of nitrogens with zero attached hydrogens (tertiary/aromatic N) is 1. The highest BCUT2D eigenvalue weighted by atomic mass is 35.5. The third-order valence-electron chi connectivity index (χ3n) is 3.03. The van der Waals surface area contributed by atoms with Crippen molar-refractivity contribution in [3.8, 4) is 0 Å². The molecular weight excluding hydrogens is 276 g/mol. The second kappa shape index (κ2) is 6.95. The molecule has 0 aliphatic carbocycles. The van der Waals surface area contributed by atoms with Crippen LogP contribution in [0.4, 0.5) is 4.79 Å². The summed E-state index contributed by atoms with van der Waals surface area (Å²) in [6, 6.07) is 10.4. The first-order valence-electron chi connectivity index (χ1n) is 6.72. The van der Waals surface area contributed by atoms with E-state index in [1.807, 2.05) is 39.0 Å². The Hall–Kier alpha value is -1.26. The van der Waals surface area contributed by atoms with Crippen molar-refractivity contribution in [3.63, 3.8) is 0 Å². The van der Waals surface area contributed by atoms with Gasteiger partial charge in [-0.05, 0) is 26.3 Å². The Bertz CT molecular complexity index is 431. The number of carbonyl (C=O) groups excluding carboxylic acids is 1. The van der Waals surface area contributed by atoms with Gasteiger partial charge in [-0.25, -0.2) is 4.79 Å². The van der Waals surface area contributed by atoms with Crippen LogP contribution in [0.25, 0.3) is 0 Å². The van der Waals surface area contributed by atoms with Gasteiger partial charge in [0.15, 0.2) is 0 Å². The summed E-state index contributed by atoms with van der Waals surface area (Å²) >= 11 is 0. The molecule has 0 saturated carbocycles. The number of hydrogen-bond donors (Lipinski definition) is 1. The normalized spacial score (nSPS) is 19.1. The standard InChI is InChI=1S/C15H22N2O2.ClH/c1-15(2,3)19-14(18)17-10-9-16-13(11-17)12-7-5-4-6-8-12;/h4-8,13,16H,9-11H2,1-3H3;1H/t13-;/m0./s1. The van der Waals surface area contributed by atoms with Crippen LogP contribution in [-0.4, -0.2) is 36.2 Å². The number of hydrogen-bond acceptors (Lipinski definition) is 3. The lowest BCUT2D eigenvalue weighted by Crippen LogP contribution is -2.49. The number of amides is 1. The zero-order valence-electron chi connectivity index (χ0n) is 12.3.